The van der Waals surface area contributed by atoms with Crippen molar-refractivity contribution in [2.24, 2.45) is 0 Å². The average molecular weight is 382 g/mol. The Bertz CT molecular complexity index is 473. The zero-order valence-corrected chi connectivity index (χ0v) is 14.2. The van der Waals surface area contributed by atoms with Crippen molar-refractivity contribution in [3.8, 4) is 0 Å². The molecular weight excluding hydrogens is 356 g/mol. The molecule has 10 atom stereocenters. The van der Waals surface area contributed by atoms with Crippen molar-refractivity contribution >= 4 is 0 Å². The van der Waals surface area contributed by atoms with Crippen LogP contribution in [0, 0.1) is 0 Å². The molecule has 0 bridgehead atoms. The molecular formula is C15H26O11. The Morgan fingerprint density at radius 2 is 1.27 bits per heavy atom. The van der Waals surface area contributed by atoms with Crippen molar-refractivity contribution in [3.05, 3.63) is 12.3 Å². The number of hydrogen-bond donors (Lipinski definition) is 7. The van der Waals surface area contributed by atoms with E-state index in [0.717, 1.165) is 0 Å². The standard InChI is InChI=1S/C15H26O11/c1-5(2)23-4-7-9(18)11(20)13(22)15(25-7)26-14-12(21)10(19)8(17)6(3-16)24-14/h6-22H,1,3-4H2,2H3/t6-,7-,8-,9-,10+,11+,12-,13-,14-,15-/m1/s1. The Balaban J connectivity index is 2.07. The molecule has 0 radical (unpaired) electrons. The molecule has 0 aliphatic carbocycles. The van der Waals surface area contributed by atoms with Gasteiger partial charge in [0.15, 0.2) is 12.6 Å². The summed E-state index contributed by atoms with van der Waals surface area (Å²) in [6, 6.07) is 0. The molecule has 152 valence electrons. The van der Waals surface area contributed by atoms with Crippen molar-refractivity contribution in [2.45, 2.75) is 68.3 Å². The van der Waals surface area contributed by atoms with Crippen LogP contribution in [0.5, 0.6) is 0 Å². The van der Waals surface area contributed by atoms with E-state index < -0.39 is 68.0 Å². The lowest BCUT2D eigenvalue weighted by atomic mass is 9.98. The maximum atomic E-state index is 10.0. The topological polar surface area (TPSA) is 179 Å². The molecule has 11 nitrogen and oxygen atoms in total. The molecule has 7 N–H and O–H groups in total. The van der Waals surface area contributed by atoms with Crippen LogP contribution in [0.25, 0.3) is 0 Å². The van der Waals surface area contributed by atoms with Crippen molar-refractivity contribution in [1.82, 2.24) is 0 Å². The summed E-state index contributed by atoms with van der Waals surface area (Å²) in [6.45, 7) is 4.25. The number of aliphatic hydroxyl groups is 7. The first kappa shape index (κ1) is 21.4. The molecule has 0 amide bonds. The van der Waals surface area contributed by atoms with Gasteiger partial charge in [0.25, 0.3) is 0 Å². The molecule has 0 aromatic heterocycles. The summed E-state index contributed by atoms with van der Waals surface area (Å²) in [5, 5.41) is 68.6. The third-order valence-corrected chi connectivity index (χ3v) is 4.28. The highest BCUT2D eigenvalue weighted by molar-refractivity contribution is 4.92. The Morgan fingerprint density at radius 3 is 1.73 bits per heavy atom. The van der Waals surface area contributed by atoms with Gasteiger partial charge in [0, 0.05) is 0 Å². The van der Waals surface area contributed by atoms with Gasteiger partial charge >= 0.3 is 0 Å². The number of ether oxygens (including phenoxy) is 4. The third-order valence-electron chi connectivity index (χ3n) is 4.28. The zero-order chi connectivity index (χ0) is 19.6. The first-order valence-corrected chi connectivity index (χ1v) is 8.11. The van der Waals surface area contributed by atoms with Crippen LogP contribution < -0.4 is 0 Å². The lowest BCUT2D eigenvalue weighted by Gasteiger charge is -2.44. The summed E-state index contributed by atoms with van der Waals surface area (Å²) in [5.74, 6) is 0.341. The summed E-state index contributed by atoms with van der Waals surface area (Å²) < 4.78 is 21.0. The average Bonchev–Trinajstić information content (AvgIpc) is 2.61. The number of hydrogen-bond acceptors (Lipinski definition) is 11. The fourth-order valence-corrected chi connectivity index (χ4v) is 2.70. The van der Waals surface area contributed by atoms with Crippen molar-refractivity contribution in [2.75, 3.05) is 13.2 Å². The highest BCUT2D eigenvalue weighted by Gasteiger charge is 2.49. The Labute approximate surface area is 149 Å². The summed E-state index contributed by atoms with van der Waals surface area (Å²) in [6.07, 6.45) is -15.2. The molecule has 0 aromatic rings. The summed E-state index contributed by atoms with van der Waals surface area (Å²) in [5.41, 5.74) is 0. The van der Waals surface area contributed by atoms with Crippen LogP contribution in [-0.4, -0.2) is 110 Å². The summed E-state index contributed by atoms with van der Waals surface area (Å²) in [4.78, 5) is 0. The van der Waals surface area contributed by atoms with Gasteiger partial charge in [-0.3, -0.25) is 0 Å². The van der Waals surface area contributed by atoms with Crippen molar-refractivity contribution in [3.63, 3.8) is 0 Å². The number of rotatable bonds is 6. The van der Waals surface area contributed by atoms with Crippen LogP contribution in [0.4, 0.5) is 0 Å². The Kier molecular flexibility index (Phi) is 7.33. The molecule has 0 saturated carbocycles. The first-order valence-electron chi connectivity index (χ1n) is 8.11. The van der Waals surface area contributed by atoms with E-state index >= 15 is 0 Å². The van der Waals surface area contributed by atoms with Gasteiger partial charge in [0.2, 0.25) is 0 Å². The molecule has 2 rings (SSSR count). The van der Waals surface area contributed by atoms with E-state index in [2.05, 4.69) is 6.58 Å². The van der Waals surface area contributed by atoms with Crippen LogP contribution in [-0.2, 0) is 18.9 Å². The second kappa shape index (κ2) is 8.89. The minimum Gasteiger partial charge on any atom is -0.496 e. The molecule has 2 heterocycles. The SMILES string of the molecule is C=C(C)OC[C@H]1O[C@H](O[C@H]2O[C@H](CO)[C@@H](O)[C@H](O)[C@H]2O)[C@H](O)[C@@H](O)[C@@H]1O. The van der Waals surface area contributed by atoms with Gasteiger partial charge in [0.1, 0.15) is 55.4 Å². The molecule has 2 aliphatic rings. The minimum atomic E-state index is -1.71. The smallest absolute Gasteiger partial charge is 0.189 e. The van der Waals surface area contributed by atoms with E-state index in [9.17, 15) is 35.7 Å². The van der Waals surface area contributed by atoms with Gasteiger partial charge in [0.05, 0.1) is 12.4 Å². The maximum Gasteiger partial charge on any atom is 0.189 e. The second-order valence-electron chi connectivity index (χ2n) is 6.36. The fourth-order valence-electron chi connectivity index (χ4n) is 2.70. The molecule has 26 heavy (non-hydrogen) atoms. The first-order chi connectivity index (χ1) is 12.2. The highest BCUT2D eigenvalue weighted by Crippen LogP contribution is 2.28. The molecule has 0 spiro atoms. The Morgan fingerprint density at radius 1 is 0.808 bits per heavy atom. The number of allylic oxidation sites excluding steroid dienone is 1. The minimum absolute atomic E-state index is 0.186. The van der Waals surface area contributed by atoms with Gasteiger partial charge in [-0.05, 0) is 6.92 Å². The highest BCUT2D eigenvalue weighted by atomic mass is 16.8. The zero-order valence-electron chi connectivity index (χ0n) is 14.2. The summed E-state index contributed by atoms with van der Waals surface area (Å²) in [7, 11) is 0. The largest absolute Gasteiger partial charge is 0.496 e. The lowest BCUT2D eigenvalue weighted by molar-refractivity contribution is -0.376. The predicted molar refractivity (Wildman–Crippen MR) is 82.3 cm³/mol. The lowest BCUT2D eigenvalue weighted by Crippen LogP contribution is -2.63. The summed E-state index contributed by atoms with van der Waals surface area (Å²) >= 11 is 0. The molecule has 11 heteroatoms. The van der Waals surface area contributed by atoms with E-state index in [4.69, 9.17) is 18.9 Å². The maximum absolute atomic E-state index is 10.0. The van der Waals surface area contributed by atoms with Crippen LogP contribution in [0.15, 0.2) is 12.3 Å². The Hall–Kier alpha value is -0.860. The monoisotopic (exact) mass is 382 g/mol. The third kappa shape index (κ3) is 4.51. The van der Waals surface area contributed by atoms with Crippen LogP contribution in [0.2, 0.25) is 0 Å². The fraction of sp³-hybridized carbons (Fsp3) is 0.867. The molecule has 0 unspecified atom stereocenters. The van der Waals surface area contributed by atoms with Crippen LogP contribution >= 0.6 is 0 Å². The van der Waals surface area contributed by atoms with E-state index in [1.54, 1.807) is 6.92 Å². The van der Waals surface area contributed by atoms with Gasteiger partial charge in [-0.1, -0.05) is 6.58 Å². The van der Waals surface area contributed by atoms with E-state index in [1.807, 2.05) is 0 Å². The quantitative estimate of drug-likeness (QED) is 0.224. The second-order valence-corrected chi connectivity index (χ2v) is 6.36. The van der Waals surface area contributed by atoms with Crippen LogP contribution in [0.1, 0.15) is 6.92 Å². The van der Waals surface area contributed by atoms with Gasteiger partial charge in [-0.15, -0.1) is 0 Å². The molecule has 2 aliphatic heterocycles. The van der Waals surface area contributed by atoms with Gasteiger partial charge in [-0.25, -0.2) is 0 Å². The number of aliphatic hydroxyl groups excluding tert-OH is 7. The normalized spacial score (nSPS) is 46.8. The van der Waals surface area contributed by atoms with E-state index in [1.165, 1.54) is 0 Å². The predicted octanol–water partition coefficient (Wildman–Crippen LogP) is -3.84. The molecule has 0 aromatic carbocycles. The van der Waals surface area contributed by atoms with E-state index in [-0.39, 0.29) is 6.61 Å². The van der Waals surface area contributed by atoms with Crippen molar-refractivity contribution in [1.29, 1.82) is 0 Å². The van der Waals surface area contributed by atoms with Crippen LogP contribution in [0.3, 0.4) is 0 Å². The molecule has 2 saturated heterocycles. The van der Waals surface area contributed by atoms with Crippen molar-refractivity contribution < 1.29 is 54.7 Å². The van der Waals surface area contributed by atoms with Gasteiger partial charge < -0.3 is 54.7 Å². The molecule has 2 fully saturated rings. The van der Waals surface area contributed by atoms with Gasteiger partial charge in [-0.2, -0.15) is 0 Å². The van der Waals surface area contributed by atoms with E-state index in [0.29, 0.717) is 5.76 Å².